The largest absolute Gasteiger partial charge is 0.759 e. The van der Waals surface area contributed by atoms with Gasteiger partial charge in [0.05, 0.1) is 0 Å². The Morgan fingerprint density at radius 1 is 1.75 bits per heavy atom. The predicted molar refractivity (Wildman–Crippen MR) is 24.8 cm³/mol. The van der Waals surface area contributed by atoms with Crippen LogP contribution in [0.2, 0.25) is 0 Å². The quantitative estimate of drug-likeness (QED) is 0.302. The van der Waals surface area contributed by atoms with Crippen molar-refractivity contribution in [3.05, 3.63) is 0 Å². The lowest BCUT2D eigenvalue weighted by Gasteiger charge is -2.04. The number of nitrogens with one attached hydrogen (secondary N) is 2. The number of carbonyl (C=O) groups excluding carboxylic acids is 1. The first-order chi connectivity index (χ1) is 3.63. The van der Waals surface area contributed by atoms with E-state index in [1.165, 1.54) is 4.83 Å². The van der Waals surface area contributed by atoms with Crippen LogP contribution in [0.3, 0.4) is 0 Å². The van der Waals surface area contributed by atoms with Gasteiger partial charge in [-0.3, -0.25) is 9.63 Å². The molecule has 0 aromatic carbocycles. The Morgan fingerprint density at radius 3 is 2.38 bits per heavy atom. The van der Waals surface area contributed by atoms with Crippen molar-refractivity contribution in [1.29, 1.82) is 0 Å². The topological polar surface area (TPSA) is 107 Å². The third-order valence-electron chi connectivity index (χ3n) is 0.258. The van der Waals surface area contributed by atoms with Crippen molar-refractivity contribution in [3.63, 3.8) is 0 Å². The molecule has 1 unspecified atom stereocenters. The fourth-order valence-electron chi connectivity index (χ4n) is 0.0920. The summed E-state index contributed by atoms with van der Waals surface area (Å²) in [5, 5.41) is 0. The van der Waals surface area contributed by atoms with E-state index in [0.717, 1.165) is 0 Å². The minimum Gasteiger partial charge on any atom is -0.759 e. The van der Waals surface area contributed by atoms with Gasteiger partial charge in [-0.2, -0.15) is 4.83 Å². The van der Waals surface area contributed by atoms with Gasteiger partial charge in [-0.05, 0) is 0 Å². The summed E-state index contributed by atoms with van der Waals surface area (Å²) in [5.74, 6) is 0. The maximum Gasteiger partial charge on any atom is 0.327 e. The van der Waals surface area contributed by atoms with Crippen molar-refractivity contribution in [3.8, 4) is 0 Å². The number of amides is 2. The fourth-order valence-corrected chi connectivity index (χ4v) is 0.276. The van der Waals surface area contributed by atoms with Crippen LogP contribution in [-0.2, 0) is 11.3 Å². The Bertz CT molecular complexity index is 99.1. The zero-order valence-corrected chi connectivity index (χ0v) is 4.53. The van der Waals surface area contributed by atoms with Crippen LogP contribution in [0.15, 0.2) is 0 Å². The molecule has 0 aliphatic heterocycles. The highest BCUT2D eigenvalue weighted by atomic mass is 32.2. The van der Waals surface area contributed by atoms with Gasteiger partial charge in [0.2, 0.25) is 0 Å². The molecule has 8 heavy (non-hydrogen) atoms. The van der Waals surface area contributed by atoms with E-state index in [9.17, 15) is 13.6 Å². The summed E-state index contributed by atoms with van der Waals surface area (Å²) >= 11 is -2.50. The summed E-state index contributed by atoms with van der Waals surface area (Å²) < 4.78 is 19.0. The van der Waals surface area contributed by atoms with Crippen molar-refractivity contribution in [2.45, 2.75) is 0 Å². The molecule has 48 valence electrons. The normalized spacial score (nSPS) is 12.6. The molecule has 7 heteroatoms. The number of nitrogens with two attached hydrogens (primary N) is 1. The highest BCUT2D eigenvalue weighted by Gasteiger charge is 1.84. The van der Waals surface area contributed by atoms with Gasteiger partial charge in [-0.25, -0.2) is 4.79 Å². The third kappa shape index (κ3) is 5.34. The van der Waals surface area contributed by atoms with Crippen LogP contribution in [0.25, 0.3) is 0 Å². The first-order valence-electron chi connectivity index (χ1n) is 1.53. The number of hydrazine groups is 1. The monoisotopic (exact) mass is 138 g/mol. The van der Waals surface area contributed by atoms with E-state index < -0.39 is 17.3 Å². The van der Waals surface area contributed by atoms with E-state index in [-0.39, 0.29) is 0 Å². The maximum absolute atomic E-state index is 9.68. The second-order valence-corrected chi connectivity index (χ2v) is 1.50. The molecule has 0 fully saturated rings. The zero-order valence-electron chi connectivity index (χ0n) is 3.71. The second kappa shape index (κ2) is 3.36. The molecule has 1 atom stereocenters. The van der Waals surface area contributed by atoms with Crippen LogP contribution in [0.1, 0.15) is 0 Å². The molecule has 0 rings (SSSR count). The lowest BCUT2D eigenvalue weighted by molar-refractivity contribution is 0.247. The van der Waals surface area contributed by atoms with Crippen LogP contribution in [0.4, 0.5) is 4.79 Å². The van der Waals surface area contributed by atoms with Gasteiger partial charge in [-0.1, -0.05) is 0 Å². The zero-order chi connectivity index (χ0) is 6.57. The fraction of sp³-hybridized carbons (Fsp3) is 0. The molecule has 0 saturated carbocycles. The summed E-state index contributed by atoms with van der Waals surface area (Å²) in [7, 11) is 0. The molecule has 4 N–H and O–H groups in total. The highest BCUT2D eigenvalue weighted by molar-refractivity contribution is 7.77. The Labute approximate surface area is 47.8 Å². The summed E-state index contributed by atoms with van der Waals surface area (Å²) in [6, 6.07) is -0.950. The molecule has 0 aliphatic rings. The van der Waals surface area contributed by atoms with Gasteiger partial charge < -0.3 is 10.3 Å². The molecule has 0 aromatic heterocycles. The van der Waals surface area contributed by atoms with E-state index in [2.05, 4.69) is 5.73 Å². The van der Waals surface area contributed by atoms with Gasteiger partial charge in [0.15, 0.2) is 0 Å². The van der Waals surface area contributed by atoms with Gasteiger partial charge in [0.25, 0.3) is 0 Å². The number of hydrogen-bond acceptors (Lipinski definition) is 3. The number of hydrogen-bond donors (Lipinski definition) is 3. The van der Waals surface area contributed by atoms with Crippen molar-refractivity contribution in [2.24, 2.45) is 5.73 Å². The number of primary amides is 1. The molecular weight excluding hydrogens is 134 g/mol. The van der Waals surface area contributed by atoms with Crippen molar-refractivity contribution >= 4 is 17.3 Å². The molecule has 2 amide bonds. The van der Waals surface area contributed by atoms with Crippen LogP contribution < -0.4 is 16.0 Å². The van der Waals surface area contributed by atoms with Gasteiger partial charge in [0, 0.05) is 11.3 Å². The summed E-state index contributed by atoms with van der Waals surface area (Å²) in [6.07, 6.45) is 0. The van der Waals surface area contributed by atoms with E-state index in [1.54, 1.807) is 5.43 Å². The molecule has 0 bridgehead atoms. The van der Waals surface area contributed by atoms with Crippen LogP contribution in [-0.4, -0.2) is 14.8 Å². The van der Waals surface area contributed by atoms with E-state index >= 15 is 0 Å². The minimum atomic E-state index is -2.50. The minimum absolute atomic E-state index is 0.950. The standard InChI is InChI=1S/CH5N3O3S/c2-1(5)3-4-8(6)7/h4H,(H,6,7)(H3,2,3,5)/p-1. The number of carbonyl (C=O) groups is 1. The Balaban J connectivity index is 3.18. The van der Waals surface area contributed by atoms with Crippen molar-refractivity contribution < 1.29 is 13.6 Å². The smallest absolute Gasteiger partial charge is 0.327 e. The summed E-state index contributed by atoms with van der Waals surface area (Å²) in [4.78, 5) is 11.2. The molecule has 0 heterocycles. The first-order valence-corrected chi connectivity index (χ1v) is 2.61. The van der Waals surface area contributed by atoms with Gasteiger partial charge in [0.1, 0.15) is 0 Å². The Morgan fingerprint density at radius 2 is 2.25 bits per heavy atom. The molecule has 0 spiro atoms. The van der Waals surface area contributed by atoms with E-state index in [0.29, 0.717) is 0 Å². The number of rotatable bonds is 2. The van der Waals surface area contributed by atoms with Gasteiger partial charge in [-0.15, -0.1) is 0 Å². The van der Waals surface area contributed by atoms with Crippen molar-refractivity contribution in [2.75, 3.05) is 0 Å². The molecule has 0 radical (unpaired) electrons. The second-order valence-electron chi connectivity index (χ2n) is 0.826. The first kappa shape index (κ1) is 7.34. The molecule has 0 saturated heterocycles. The lowest BCUT2D eigenvalue weighted by Crippen LogP contribution is -2.41. The summed E-state index contributed by atoms with van der Waals surface area (Å²) in [5.41, 5.74) is 6.08. The molecule has 6 nitrogen and oxygen atoms in total. The average molecular weight is 138 g/mol. The lowest BCUT2D eigenvalue weighted by atomic mass is 11.2. The Hall–Kier alpha value is -0.660. The average Bonchev–Trinajstić information content (AvgIpc) is 1.61. The van der Waals surface area contributed by atoms with Crippen LogP contribution in [0.5, 0.6) is 0 Å². The highest BCUT2D eigenvalue weighted by Crippen LogP contribution is 1.53. The maximum atomic E-state index is 9.68. The van der Waals surface area contributed by atoms with Crippen LogP contribution >= 0.6 is 0 Å². The molecule has 0 aromatic rings. The Kier molecular flexibility index (Phi) is 3.08. The predicted octanol–water partition coefficient (Wildman–Crippen LogP) is -2.05. The summed E-state index contributed by atoms with van der Waals surface area (Å²) in [6.45, 7) is 0. The molecule has 0 aliphatic carbocycles. The SMILES string of the molecule is NC(=O)NNS(=O)[O-]. The van der Waals surface area contributed by atoms with E-state index in [1.807, 2.05) is 0 Å². The third-order valence-corrected chi connectivity index (χ3v) is 0.526. The van der Waals surface area contributed by atoms with Crippen molar-refractivity contribution in [1.82, 2.24) is 10.3 Å². The van der Waals surface area contributed by atoms with Crippen LogP contribution in [0, 0.1) is 0 Å². The molecular formula is CH4N3O3S-. The number of urea groups is 1. The van der Waals surface area contributed by atoms with E-state index in [4.69, 9.17) is 0 Å². The van der Waals surface area contributed by atoms with Gasteiger partial charge >= 0.3 is 6.03 Å².